The molecule has 0 aromatic carbocycles. The minimum absolute atomic E-state index is 0.00597. The maximum atomic E-state index is 12.0. The minimum atomic E-state index is -0.750. The number of likely N-dealkylation sites (N-methyl/N-ethyl adjacent to an activating group) is 1. The van der Waals surface area contributed by atoms with Crippen molar-refractivity contribution in [2.45, 2.75) is 26.3 Å². The summed E-state index contributed by atoms with van der Waals surface area (Å²) in [5, 5.41) is 0. The van der Waals surface area contributed by atoms with Crippen LogP contribution in [-0.2, 0) is 9.59 Å². The van der Waals surface area contributed by atoms with E-state index >= 15 is 0 Å². The van der Waals surface area contributed by atoms with E-state index < -0.39 is 5.54 Å². The fraction of sp³-hybridized carbons (Fsp3) is 0.636. The SMILES string of the molecule is C=CC(=O)N1CCN(CC)C(=O)C1(C)C. The van der Waals surface area contributed by atoms with E-state index in [2.05, 4.69) is 6.58 Å². The van der Waals surface area contributed by atoms with Gasteiger partial charge in [-0.15, -0.1) is 0 Å². The average molecular weight is 210 g/mol. The molecule has 1 saturated heterocycles. The van der Waals surface area contributed by atoms with E-state index in [1.165, 1.54) is 6.08 Å². The van der Waals surface area contributed by atoms with Crippen molar-refractivity contribution in [1.82, 2.24) is 9.80 Å². The fourth-order valence-electron chi connectivity index (χ4n) is 1.90. The molecule has 0 radical (unpaired) electrons. The Balaban J connectivity index is 2.93. The molecule has 4 nitrogen and oxygen atoms in total. The smallest absolute Gasteiger partial charge is 0.248 e. The van der Waals surface area contributed by atoms with Crippen molar-refractivity contribution in [2.24, 2.45) is 0 Å². The second kappa shape index (κ2) is 4.04. The first-order valence-corrected chi connectivity index (χ1v) is 5.18. The predicted molar refractivity (Wildman–Crippen MR) is 58.2 cm³/mol. The molecule has 1 fully saturated rings. The van der Waals surface area contributed by atoms with Gasteiger partial charge in [-0.2, -0.15) is 0 Å². The first-order chi connectivity index (χ1) is 6.95. The maximum Gasteiger partial charge on any atom is 0.248 e. The Hall–Kier alpha value is -1.32. The fourth-order valence-corrected chi connectivity index (χ4v) is 1.90. The highest BCUT2D eigenvalue weighted by Gasteiger charge is 2.42. The van der Waals surface area contributed by atoms with Gasteiger partial charge in [0.25, 0.3) is 0 Å². The van der Waals surface area contributed by atoms with E-state index in [1.54, 1.807) is 23.6 Å². The second-order valence-electron chi connectivity index (χ2n) is 4.14. The first-order valence-electron chi connectivity index (χ1n) is 5.18. The lowest BCUT2D eigenvalue weighted by Gasteiger charge is -2.45. The van der Waals surface area contributed by atoms with Crippen molar-refractivity contribution in [1.29, 1.82) is 0 Å². The van der Waals surface area contributed by atoms with Crippen LogP contribution in [0.3, 0.4) is 0 Å². The van der Waals surface area contributed by atoms with Gasteiger partial charge in [-0.05, 0) is 26.8 Å². The third kappa shape index (κ3) is 1.89. The van der Waals surface area contributed by atoms with Crippen LogP contribution in [0, 0.1) is 0 Å². The lowest BCUT2D eigenvalue weighted by molar-refractivity contribution is -0.156. The zero-order valence-electron chi connectivity index (χ0n) is 9.62. The van der Waals surface area contributed by atoms with E-state index in [1.807, 2.05) is 6.92 Å². The molecule has 0 aromatic heterocycles. The van der Waals surface area contributed by atoms with Crippen LogP contribution in [-0.4, -0.2) is 46.8 Å². The van der Waals surface area contributed by atoms with E-state index in [9.17, 15) is 9.59 Å². The third-order valence-electron chi connectivity index (χ3n) is 2.90. The van der Waals surface area contributed by atoms with Crippen LogP contribution in [0.25, 0.3) is 0 Å². The van der Waals surface area contributed by atoms with E-state index in [0.29, 0.717) is 19.6 Å². The van der Waals surface area contributed by atoms with Crippen LogP contribution in [0.4, 0.5) is 0 Å². The average Bonchev–Trinajstić information content (AvgIpc) is 2.21. The van der Waals surface area contributed by atoms with Gasteiger partial charge in [0.2, 0.25) is 11.8 Å². The van der Waals surface area contributed by atoms with Gasteiger partial charge in [0.05, 0.1) is 0 Å². The Morgan fingerprint density at radius 2 is 2.13 bits per heavy atom. The van der Waals surface area contributed by atoms with Crippen molar-refractivity contribution < 1.29 is 9.59 Å². The van der Waals surface area contributed by atoms with Crippen molar-refractivity contribution in [3.63, 3.8) is 0 Å². The van der Waals surface area contributed by atoms with Gasteiger partial charge < -0.3 is 9.80 Å². The summed E-state index contributed by atoms with van der Waals surface area (Å²) < 4.78 is 0. The molecule has 0 atom stereocenters. The molecule has 1 aliphatic heterocycles. The van der Waals surface area contributed by atoms with Gasteiger partial charge in [-0.1, -0.05) is 6.58 Å². The number of carbonyl (C=O) groups is 2. The highest BCUT2D eigenvalue weighted by Crippen LogP contribution is 2.22. The Morgan fingerprint density at radius 1 is 1.53 bits per heavy atom. The Labute approximate surface area is 90.5 Å². The molecule has 1 rings (SSSR count). The van der Waals surface area contributed by atoms with Crippen LogP contribution < -0.4 is 0 Å². The molecule has 0 unspecified atom stereocenters. The van der Waals surface area contributed by atoms with Gasteiger partial charge in [0, 0.05) is 19.6 Å². The van der Waals surface area contributed by atoms with Crippen molar-refractivity contribution in [3.8, 4) is 0 Å². The molecule has 4 heteroatoms. The third-order valence-corrected chi connectivity index (χ3v) is 2.90. The molecule has 2 amide bonds. The number of carbonyl (C=O) groups excluding carboxylic acids is 2. The normalized spacial score (nSPS) is 20.3. The first kappa shape index (κ1) is 11.8. The predicted octanol–water partition coefficient (Wildman–Crippen LogP) is 0.642. The summed E-state index contributed by atoms with van der Waals surface area (Å²) in [4.78, 5) is 26.9. The Morgan fingerprint density at radius 3 is 2.60 bits per heavy atom. The minimum Gasteiger partial charge on any atom is -0.339 e. The van der Waals surface area contributed by atoms with Gasteiger partial charge in [-0.3, -0.25) is 9.59 Å². The lowest BCUT2D eigenvalue weighted by Crippen LogP contribution is -2.64. The molecule has 0 aromatic rings. The Kier molecular flexibility index (Phi) is 3.17. The van der Waals surface area contributed by atoms with Crippen LogP contribution in [0.5, 0.6) is 0 Å². The molecular formula is C11H18N2O2. The number of piperazine rings is 1. The molecule has 1 heterocycles. The number of hydrogen-bond donors (Lipinski definition) is 0. The summed E-state index contributed by atoms with van der Waals surface area (Å²) in [6, 6.07) is 0. The molecule has 0 N–H and O–H groups in total. The van der Waals surface area contributed by atoms with Crippen molar-refractivity contribution in [3.05, 3.63) is 12.7 Å². The van der Waals surface area contributed by atoms with Crippen molar-refractivity contribution in [2.75, 3.05) is 19.6 Å². The molecule has 0 aliphatic carbocycles. The molecular weight excluding hydrogens is 192 g/mol. The zero-order chi connectivity index (χ0) is 11.6. The maximum absolute atomic E-state index is 12.0. The van der Waals surface area contributed by atoms with Gasteiger partial charge in [-0.25, -0.2) is 0 Å². The highest BCUT2D eigenvalue weighted by molar-refractivity contribution is 5.95. The lowest BCUT2D eigenvalue weighted by atomic mass is 9.97. The van der Waals surface area contributed by atoms with Crippen LogP contribution in [0.2, 0.25) is 0 Å². The van der Waals surface area contributed by atoms with Gasteiger partial charge >= 0.3 is 0 Å². The summed E-state index contributed by atoms with van der Waals surface area (Å²) >= 11 is 0. The van der Waals surface area contributed by atoms with E-state index in [4.69, 9.17) is 0 Å². The summed E-state index contributed by atoms with van der Waals surface area (Å²) in [5.41, 5.74) is -0.750. The standard InChI is InChI=1S/C11H18N2O2/c1-5-9(14)13-8-7-12(6-2)10(15)11(13,3)4/h5H,1,6-8H2,2-4H3. The van der Waals surface area contributed by atoms with Gasteiger partial charge in [0.1, 0.15) is 5.54 Å². The van der Waals surface area contributed by atoms with E-state index in [-0.39, 0.29) is 11.8 Å². The number of nitrogens with zero attached hydrogens (tertiary/aromatic N) is 2. The second-order valence-corrected chi connectivity index (χ2v) is 4.14. The Bertz CT molecular complexity index is 297. The summed E-state index contributed by atoms with van der Waals surface area (Å²) in [7, 11) is 0. The molecule has 15 heavy (non-hydrogen) atoms. The zero-order valence-corrected chi connectivity index (χ0v) is 9.62. The molecule has 0 saturated carbocycles. The largest absolute Gasteiger partial charge is 0.339 e. The number of hydrogen-bond acceptors (Lipinski definition) is 2. The van der Waals surface area contributed by atoms with E-state index in [0.717, 1.165) is 0 Å². The van der Waals surface area contributed by atoms with Crippen LogP contribution in [0.15, 0.2) is 12.7 Å². The molecule has 1 aliphatic rings. The van der Waals surface area contributed by atoms with Gasteiger partial charge in [0.15, 0.2) is 0 Å². The summed E-state index contributed by atoms with van der Waals surface area (Å²) in [6.07, 6.45) is 1.26. The molecule has 84 valence electrons. The van der Waals surface area contributed by atoms with Crippen molar-refractivity contribution >= 4 is 11.8 Å². The molecule has 0 spiro atoms. The monoisotopic (exact) mass is 210 g/mol. The highest BCUT2D eigenvalue weighted by atomic mass is 16.2. The van der Waals surface area contributed by atoms with Crippen LogP contribution >= 0.6 is 0 Å². The van der Waals surface area contributed by atoms with Crippen LogP contribution in [0.1, 0.15) is 20.8 Å². The summed E-state index contributed by atoms with van der Waals surface area (Å²) in [5.74, 6) is -0.171. The molecule has 0 bridgehead atoms. The number of amides is 2. The topological polar surface area (TPSA) is 40.6 Å². The summed E-state index contributed by atoms with van der Waals surface area (Å²) in [6.45, 7) is 10.8. The quantitative estimate of drug-likeness (QED) is 0.628. The number of rotatable bonds is 2.